The van der Waals surface area contributed by atoms with Crippen LogP contribution in [0, 0.1) is 5.82 Å². The Balaban J connectivity index is 2.08. The largest absolute Gasteiger partial charge is 0.332 e. The number of anilines is 2. The highest BCUT2D eigenvalue weighted by atomic mass is 35.5. The second-order valence-electron chi connectivity index (χ2n) is 4.98. The van der Waals surface area contributed by atoms with Gasteiger partial charge in [0.05, 0.1) is 5.69 Å². The molecule has 0 aliphatic rings. The van der Waals surface area contributed by atoms with Crippen LogP contribution >= 0.6 is 23.8 Å². The van der Waals surface area contributed by atoms with Gasteiger partial charge >= 0.3 is 0 Å². The molecule has 0 aromatic heterocycles. The van der Waals surface area contributed by atoms with Gasteiger partial charge in [0.2, 0.25) is 0 Å². The Morgan fingerprint density at radius 3 is 2.62 bits per heavy atom. The molecule has 2 nitrogen and oxygen atoms in total. The number of hydrogen-bond acceptors (Lipinski definition) is 1. The smallest absolute Gasteiger partial charge is 0.175 e. The molecule has 110 valence electrons. The lowest BCUT2D eigenvalue weighted by molar-refractivity contribution is 0.632. The summed E-state index contributed by atoms with van der Waals surface area (Å²) < 4.78 is 13.6. The third-order valence-corrected chi connectivity index (χ3v) is 3.43. The van der Waals surface area contributed by atoms with Gasteiger partial charge < -0.3 is 10.6 Å². The SMILES string of the molecule is CC(C)c1cccc(NC(=S)Nc2cc(Cl)ccc2F)c1. The van der Waals surface area contributed by atoms with Crippen molar-refractivity contribution in [2.45, 2.75) is 19.8 Å². The van der Waals surface area contributed by atoms with E-state index in [1.165, 1.54) is 23.8 Å². The third kappa shape index (κ3) is 4.41. The van der Waals surface area contributed by atoms with E-state index in [0.29, 0.717) is 16.1 Å². The fourth-order valence-electron chi connectivity index (χ4n) is 1.85. The highest BCUT2D eigenvalue weighted by Gasteiger charge is 2.06. The van der Waals surface area contributed by atoms with Crippen LogP contribution in [0.4, 0.5) is 15.8 Å². The van der Waals surface area contributed by atoms with Crippen LogP contribution < -0.4 is 10.6 Å². The second kappa shape index (κ2) is 6.87. The molecule has 0 spiro atoms. The highest BCUT2D eigenvalue weighted by molar-refractivity contribution is 7.80. The summed E-state index contributed by atoms with van der Waals surface area (Å²) >= 11 is 11.0. The second-order valence-corrected chi connectivity index (χ2v) is 5.83. The first-order chi connectivity index (χ1) is 9.95. The van der Waals surface area contributed by atoms with Crippen molar-refractivity contribution < 1.29 is 4.39 Å². The first kappa shape index (κ1) is 15.7. The van der Waals surface area contributed by atoms with E-state index in [9.17, 15) is 4.39 Å². The summed E-state index contributed by atoms with van der Waals surface area (Å²) in [6.45, 7) is 4.24. The average molecular weight is 323 g/mol. The lowest BCUT2D eigenvalue weighted by Crippen LogP contribution is -2.19. The van der Waals surface area contributed by atoms with E-state index >= 15 is 0 Å². The molecule has 0 unspecified atom stereocenters. The van der Waals surface area contributed by atoms with Gasteiger partial charge in [0, 0.05) is 10.7 Å². The zero-order valence-corrected chi connectivity index (χ0v) is 13.4. The average Bonchev–Trinajstić information content (AvgIpc) is 2.43. The van der Waals surface area contributed by atoms with Crippen LogP contribution in [0.25, 0.3) is 0 Å². The molecule has 0 saturated carbocycles. The molecule has 5 heteroatoms. The molecule has 0 aliphatic heterocycles. The van der Waals surface area contributed by atoms with E-state index < -0.39 is 5.82 Å². The van der Waals surface area contributed by atoms with Gasteiger partial charge in [0.25, 0.3) is 0 Å². The normalized spacial score (nSPS) is 10.5. The molecule has 0 amide bonds. The van der Waals surface area contributed by atoms with Crippen molar-refractivity contribution >= 4 is 40.3 Å². The molecule has 0 saturated heterocycles. The minimum Gasteiger partial charge on any atom is -0.332 e. The van der Waals surface area contributed by atoms with E-state index in [2.05, 4.69) is 30.5 Å². The minimum atomic E-state index is -0.403. The van der Waals surface area contributed by atoms with Crippen molar-refractivity contribution in [3.05, 3.63) is 58.9 Å². The van der Waals surface area contributed by atoms with E-state index in [4.69, 9.17) is 23.8 Å². The van der Waals surface area contributed by atoms with Crippen LogP contribution in [0.2, 0.25) is 5.02 Å². The molecule has 21 heavy (non-hydrogen) atoms. The molecule has 0 atom stereocenters. The van der Waals surface area contributed by atoms with Gasteiger partial charge in [-0.1, -0.05) is 37.6 Å². The Morgan fingerprint density at radius 1 is 1.14 bits per heavy atom. The molecule has 0 fully saturated rings. The van der Waals surface area contributed by atoms with E-state index in [-0.39, 0.29) is 5.69 Å². The fraction of sp³-hybridized carbons (Fsp3) is 0.188. The maximum absolute atomic E-state index is 13.6. The molecule has 0 aliphatic carbocycles. The maximum Gasteiger partial charge on any atom is 0.175 e. The molecule has 2 N–H and O–H groups in total. The quantitative estimate of drug-likeness (QED) is 0.739. The number of rotatable bonds is 3. The molecular weight excluding hydrogens is 307 g/mol. The fourth-order valence-corrected chi connectivity index (χ4v) is 2.25. The van der Waals surface area contributed by atoms with Crippen molar-refractivity contribution in [3.8, 4) is 0 Å². The Bertz CT molecular complexity index is 658. The van der Waals surface area contributed by atoms with Crippen molar-refractivity contribution in [3.63, 3.8) is 0 Å². The van der Waals surface area contributed by atoms with Crippen LogP contribution in [-0.2, 0) is 0 Å². The Morgan fingerprint density at radius 2 is 1.90 bits per heavy atom. The van der Waals surface area contributed by atoms with Gasteiger partial charge in [-0.3, -0.25) is 0 Å². The van der Waals surface area contributed by atoms with Gasteiger partial charge in [0.15, 0.2) is 5.11 Å². The van der Waals surface area contributed by atoms with Gasteiger partial charge in [-0.2, -0.15) is 0 Å². The third-order valence-electron chi connectivity index (χ3n) is 2.99. The first-order valence-electron chi connectivity index (χ1n) is 6.58. The molecule has 2 aromatic carbocycles. The highest BCUT2D eigenvalue weighted by Crippen LogP contribution is 2.21. The molecular formula is C16H16ClFN2S. The summed E-state index contributed by atoms with van der Waals surface area (Å²) in [6.07, 6.45) is 0. The number of benzene rings is 2. The summed E-state index contributed by atoms with van der Waals surface area (Å²) in [6, 6.07) is 12.2. The van der Waals surface area contributed by atoms with Crippen LogP contribution in [0.3, 0.4) is 0 Å². The number of thiocarbonyl (C=S) groups is 1. The lowest BCUT2D eigenvalue weighted by Gasteiger charge is -2.13. The standard InChI is InChI=1S/C16H16ClFN2S/c1-10(2)11-4-3-5-13(8-11)19-16(21)20-15-9-12(17)6-7-14(15)18/h3-10H,1-2H3,(H2,19,20,21). The Labute approximate surface area is 134 Å². The van der Waals surface area contributed by atoms with Gasteiger partial charge in [-0.05, 0) is 54.0 Å². The monoisotopic (exact) mass is 322 g/mol. The lowest BCUT2D eigenvalue weighted by atomic mass is 10.0. The molecule has 0 bridgehead atoms. The summed E-state index contributed by atoms with van der Waals surface area (Å²) in [5.74, 6) is 0.0261. The van der Waals surface area contributed by atoms with Crippen LogP contribution in [0.5, 0.6) is 0 Å². The van der Waals surface area contributed by atoms with Crippen molar-refractivity contribution in [2.24, 2.45) is 0 Å². The van der Waals surface area contributed by atoms with E-state index in [1.54, 1.807) is 0 Å². The molecule has 0 heterocycles. The van der Waals surface area contributed by atoms with Crippen LogP contribution in [0.15, 0.2) is 42.5 Å². The zero-order valence-electron chi connectivity index (χ0n) is 11.8. The van der Waals surface area contributed by atoms with Gasteiger partial charge in [-0.15, -0.1) is 0 Å². The summed E-state index contributed by atoms with van der Waals surface area (Å²) in [5, 5.41) is 6.62. The molecule has 2 aromatic rings. The summed E-state index contributed by atoms with van der Waals surface area (Å²) in [4.78, 5) is 0. The van der Waals surface area contributed by atoms with E-state index in [1.807, 2.05) is 18.2 Å². The van der Waals surface area contributed by atoms with Crippen LogP contribution in [-0.4, -0.2) is 5.11 Å². The summed E-state index contributed by atoms with van der Waals surface area (Å²) in [5.41, 5.74) is 2.32. The van der Waals surface area contributed by atoms with E-state index in [0.717, 1.165) is 5.69 Å². The number of halogens is 2. The van der Waals surface area contributed by atoms with Crippen LogP contribution in [0.1, 0.15) is 25.3 Å². The number of nitrogens with one attached hydrogen (secondary N) is 2. The maximum atomic E-state index is 13.6. The molecule has 0 radical (unpaired) electrons. The zero-order chi connectivity index (χ0) is 15.4. The Hall–Kier alpha value is -1.65. The predicted octanol–water partition coefficient (Wildman–Crippen LogP) is 5.41. The molecule has 2 rings (SSSR count). The Kier molecular flexibility index (Phi) is 5.15. The van der Waals surface area contributed by atoms with Gasteiger partial charge in [0.1, 0.15) is 5.82 Å². The minimum absolute atomic E-state index is 0.250. The first-order valence-corrected chi connectivity index (χ1v) is 7.37. The van der Waals surface area contributed by atoms with Crippen molar-refractivity contribution in [1.82, 2.24) is 0 Å². The predicted molar refractivity (Wildman–Crippen MR) is 91.8 cm³/mol. The topological polar surface area (TPSA) is 24.1 Å². The van der Waals surface area contributed by atoms with Crippen molar-refractivity contribution in [2.75, 3.05) is 10.6 Å². The van der Waals surface area contributed by atoms with Crippen molar-refractivity contribution in [1.29, 1.82) is 0 Å². The number of hydrogen-bond donors (Lipinski definition) is 2. The van der Waals surface area contributed by atoms with Gasteiger partial charge in [-0.25, -0.2) is 4.39 Å². The summed E-state index contributed by atoms with van der Waals surface area (Å²) in [7, 11) is 0.